The zero-order valence-corrected chi connectivity index (χ0v) is 13.0. The summed E-state index contributed by atoms with van der Waals surface area (Å²) in [6.07, 6.45) is 0. The third-order valence-electron chi connectivity index (χ3n) is 2.87. The van der Waals surface area contributed by atoms with Crippen molar-refractivity contribution >= 4 is 23.4 Å². The lowest BCUT2D eigenvalue weighted by molar-refractivity contribution is 0.789. The highest BCUT2D eigenvalue weighted by molar-refractivity contribution is 7.99. The van der Waals surface area contributed by atoms with Crippen LogP contribution in [0.2, 0.25) is 5.02 Å². The van der Waals surface area contributed by atoms with Crippen molar-refractivity contribution in [2.24, 2.45) is 7.05 Å². The molecule has 0 unspecified atom stereocenters. The first-order valence-electron chi connectivity index (χ1n) is 6.24. The topological polar surface area (TPSA) is 80.3 Å². The van der Waals surface area contributed by atoms with E-state index in [-0.39, 0.29) is 5.69 Å². The minimum atomic E-state index is 0.280. The summed E-state index contributed by atoms with van der Waals surface area (Å²) in [6, 6.07) is 12.7. The van der Waals surface area contributed by atoms with Crippen LogP contribution in [0, 0.1) is 11.3 Å². The van der Waals surface area contributed by atoms with E-state index in [2.05, 4.69) is 20.4 Å². The molecule has 8 heteroatoms. The maximum Gasteiger partial charge on any atom is 0.197 e. The van der Waals surface area contributed by atoms with Crippen molar-refractivity contribution in [1.82, 2.24) is 25.0 Å². The molecular formula is C14H9ClN6S. The van der Waals surface area contributed by atoms with Gasteiger partial charge in [0.25, 0.3) is 0 Å². The lowest BCUT2D eigenvalue weighted by Gasteiger charge is -2.03. The molecule has 0 aliphatic rings. The van der Waals surface area contributed by atoms with Crippen LogP contribution in [0.25, 0.3) is 11.4 Å². The largest absolute Gasteiger partial charge is 0.305 e. The molecule has 22 heavy (non-hydrogen) atoms. The Bertz CT molecular complexity index is 853. The van der Waals surface area contributed by atoms with Gasteiger partial charge in [-0.05, 0) is 36.0 Å². The maximum atomic E-state index is 8.72. The molecule has 3 aromatic rings. The molecule has 0 saturated heterocycles. The number of halogens is 1. The van der Waals surface area contributed by atoms with E-state index in [1.165, 1.54) is 11.8 Å². The van der Waals surface area contributed by atoms with Crippen molar-refractivity contribution in [3.05, 3.63) is 47.1 Å². The molecule has 3 rings (SSSR count). The summed E-state index contributed by atoms with van der Waals surface area (Å²) >= 11 is 7.33. The Hall–Kier alpha value is -2.43. The molecule has 6 nitrogen and oxygen atoms in total. The van der Waals surface area contributed by atoms with E-state index in [0.29, 0.717) is 21.0 Å². The van der Waals surface area contributed by atoms with E-state index < -0.39 is 0 Å². The molecule has 0 bridgehead atoms. The molecule has 0 aliphatic heterocycles. The second-order valence-electron chi connectivity index (χ2n) is 4.35. The number of aromatic nitrogens is 5. The lowest BCUT2D eigenvalue weighted by atomic mass is 10.2. The molecular weight excluding hydrogens is 320 g/mol. The summed E-state index contributed by atoms with van der Waals surface area (Å²) in [5, 5.41) is 26.8. The van der Waals surface area contributed by atoms with Gasteiger partial charge in [-0.3, -0.25) is 0 Å². The second-order valence-corrected chi connectivity index (χ2v) is 5.77. The quantitative estimate of drug-likeness (QED) is 0.735. The number of benzene rings is 1. The average Bonchev–Trinajstić information content (AvgIpc) is 2.89. The van der Waals surface area contributed by atoms with E-state index in [0.717, 1.165) is 5.56 Å². The van der Waals surface area contributed by atoms with Crippen molar-refractivity contribution in [1.29, 1.82) is 5.26 Å². The molecule has 0 fully saturated rings. The SMILES string of the molecule is Cn1c(Sc2ccc(C#N)nn2)nnc1-c1cccc(Cl)c1. The van der Waals surface area contributed by atoms with Gasteiger partial charge in [-0.25, -0.2) is 0 Å². The van der Waals surface area contributed by atoms with Gasteiger partial charge in [0.1, 0.15) is 11.1 Å². The maximum absolute atomic E-state index is 8.72. The third kappa shape index (κ3) is 2.93. The third-order valence-corrected chi connectivity index (χ3v) is 4.07. The first-order chi connectivity index (χ1) is 10.7. The van der Waals surface area contributed by atoms with Crippen molar-refractivity contribution in [3.63, 3.8) is 0 Å². The van der Waals surface area contributed by atoms with Crippen molar-refractivity contribution < 1.29 is 0 Å². The van der Waals surface area contributed by atoms with Crippen LogP contribution in [-0.2, 0) is 7.05 Å². The van der Waals surface area contributed by atoms with E-state index in [1.807, 2.05) is 41.9 Å². The van der Waals surface area contributed by atoms with Crippen molar-refractivity contribution in [3.8, 4) is 17.5 Å². The zero-order valence-electron chi connectivity index (χ0n) is 11.4. The van der Waals surface area contributed by atoms with Gasteiger partial charge in [-0.2, -0.15) is 5.26 Å². The fourth-order valence-electron chi connectivity index (χ4n) is 1.81. The molecule has 0 amide bonds. The van der Waals surface area contributed by atoms with Crippen molar-refractivity contribution in [2.75, 3.05) is 0 Å². The summed E-state index contributed by atoms with van der Waals surface area (Å²) in [5.74, 6) is 0.714. The number of rotatable bonds is 3. The molecule has 2 aromatic heterocycles. The minimum Gasteiger partial charge on any atom is -0.305 e. The average molecular weight is 329 g/mol. The number of nitrogens with zero attached hydrogens (tertiary/aromatic N) is 6. The van der Waals surface area contributed by atoms with Crippen LogP contribution in [0.1, 0.15) is 5.69 Å². The zero-order chi connectivity index (χ0) is 15.5. The summed E-state index contributed by atoms with van der Waals surface area (Å²) in [4.78, 5) is 0. The Balaban J connectivity index is 1.88. The fourth-order valence-corrected chi connectivity index (χ4v) is 2.71. The van der Waals surface area contributed by atoms with E-state index in [4.69, 9.17) is 16.9 Å². The number of hydrogen-bond acceptors (Lipinski definition) is 6. The second kappa shape index (κ2) is 6.13. The summed E-state index contributed by atoms with van der Waals surface area (Å²) in [5.41, 5.74) is 1.17. The van der Waals surface area contributed by atoms with Crippen LogP contribution in [0.5, 0.6) is 0 Å². The molecule has 0 radical (unpaired) electrons. The van der Waals surface area contributed by atoms with Gasteiger partial charge in [-0.1, -0.05) is 23.7 Å². The van der Waals surface area contributed by atoms with Crippen LogP contribution in [0.3, 0.4) is 0 Å². The Morgan fingerprint density at radius 3 is 2.68 bits per heavy atom. The highest BCUT2D eigenvalue weighted by Gasteiger charge is 2.13. The predicted molar refractivity (Wildman–Crippen MR) is 82.3 cm³/mol. The highest BCUT2D eigenvalue weighted by atomic mass is 35.5. The van der Waals surface area contributed by atoms with Crippen molar-refractivity contribution in [2.45, 2.75) is 10.2 Å². The summed E-state index contributed by atoms with van der Waals surface area (Å²) in [6.45, 7) is 0. The van der Waals surface area contributed by atoms with Gasteiger partial charge >= 0.3 is 0 Å². The molecule has 2 heterocycles. The van der Waals surface area contributed by atoms with E-state index in [1.54, 1.807) is 12.1 Å². The summed E-state index contributed by atoms with van der Waals surface area (Å²) < 4.78 is 1.86. The first kappa shape index (κ1) is 14.5. The van der Waals surface area contributed by atoms with Crippen LogP contribution < -0.4 is 0 Å². The van der Waals surface area contributed by atoms with Crippen LogP contribution >= 0.6 is 23.4 Å². The molecule has 0 aliphatic carbocycles. The van der Waals surface area contributed by atoms with E-state index in [9.17, 15) is 0 Å². The van der Waals surface area contributed by atoms with Gasteiger partial charge in [0.15, 0.2) is 16.7 Å². The Labute approximate surface area is 135 Å². The first-order valence-corrected chi connectivity index (χ1v) is 7.44. The number of hydrogen-bond donors (Lipinski definition) is 0. The predicted octanol–water partition coefficient (Wildman–Crippen LogP) is 2.95. The van der Waals surface area contributed by atoms with Gasteiger partial charge < -0.3 is 4.57 Å². The van der Waals surface area contributed by atoms with Crippen LogP contribution in [0.15, 0.2) is 46.6 Å². The smallest absolute Gasteiger partial charge is 0.197 e. The Morgan fingerprint density at radius 1 is 1.14 bits per heavy atom. The lowest BCUT2D eigenvalue weighted by Crippen LogP contribution is -1.95. The monoisotopic (exact) mass is 328 g/mol. The molecule has 0 saturated carbocycles. The van der Waals surface area contributed by atoms with Gasteiger partial charge in [0.2, 0.25) is 0 Å². The Kier molecular flexibility index (Phi) is 4.04. The molecule has 0 spiro atoms. The molecule has 108 valence electrons. The molecule has 1 aromatic carbocycles. The van der Waals surface area contributed by atoms with Gasteiger partial charge in [-0.15, -0.1) is 20.4 Å². The normalized spacial score (nSPS) is 10.4. The molecule has 0 atom stereocenters. The Morgan fingerprint density at radius 2 is 2.00 bits per heavy atom. The minimum absolute atomic E-state index is 0.280. The summed E-state index contributed by atoms with van der Waals surface area (Å²) in [7, 11) is 1.87. The number of nitriles is 1. The highest BCUT2D eigenvalue weighted by Crippen LogP contribution is 2.27. The molecule has 0 N–H and O–H groups in total. The standard InChI is InChI=1S/C14H9ClN6S/c1-21-13(9-3-2-4-10(15)7-9)19-20-14(21)22-12-6-5-11(8-16)17-18-12/h2-7H,1H3. The van der Waals surface area contributed by atoms with E-state index >= 15 is 0 Å². The van der Waals surface area contributed by atoms with Crippen LogP contribution in [0.4, 0.5) is 0 Å². The van der Waals surface area contributed by atoms with Crippen LogP contribution in [-0.4, -0.2) is 25.0 Å². The van der Waals surface area contributed by atoms with Gasteiger partial charge in [0, 0.05) is 17.6 Å². The fraction of sp³-hybridized carbons (Fsp3) is 0.0714. The van der Waals surface area contributed by atoms with Gasteiger partial charge in [0.05, 0.1) is 0 Å².